The van der Waals surface area contributed by atoms with Crippen LogP contribution in [-0.4, -0.2) is 44.2 Å². The van der Waals surface area contributed by atoms with E-state index in [0.717, 1.165) is 36.6 Å². The number of nitrogens with zero attached hydrogens (tertiary/aromatic N) is 3. The van der Waals surface area contributed by atoms with Gasteiger partial charge in [-0.25, -0.2) is 10.4 Å². The van der Waals surface area contributed by atoms with Gasteiger partial charge in [0.25, 0.3) is 11.5 Å². The molecule has 11 heteroatoms. The van der Waals surface area contributed by atoms with Crippen LogP contribution in [0.2, 0.25) is 0 Å². The van der Waals surface area contributed by atoms with E-state index in [-0.39, 0.29) is 22.8 Å². The quantitative estimate of drug-likeness (QED) is 0.135. The minimum Gasteiger partial charge on any atom is -0.508 e. The van der Waals surface area contributed by atoms with Gasteiger partial charge in [0.2, 0.25) is 0 Å². The molecule has 9 nitrogen and oxygen atoms in total. The van der Waals surface area contributed by atoms with E-state index in [9.17, 15) is 19.8 Å². The standard InChI is InChI=1S/C26H24N4O5S2/c1-2-35-18-10-7-16(8-11-18)30-25(34)23-19-4-3-5-21(19)37-24(23)28-26(30)36-14-22(33)29-27-13-15-6-9-17(31)12-20(15)32/h6-13,31-32H,2-5,14H2,1H3,(H,29,33)/b27-13+. The number of rotatable bonds is 8. The molecule has 0 saturated heterocycles. The number of aromatic hydroxyl groups is 2. The molecule has 190 valence electrons. The number of benzene rings is 2. The lowest BCUT2D eigenvalue weighted by atomic mass is 10.2. The molecule has 37 heavy (non-hydrogen) atoms. The van der Waals surface area contributed by atoms with Gasteiger partial charge in [-0.1, -0.05) is 11.8 Å². The average Bonchev–Trinajstić information content (AvgIpc) is 3.46. The Morgan fingerprint density at radius 3 is 2.81 bits per heavy atom. The fourth-order valence-electron chi connectivity index (χ4n) is 4.18. The Kier molecular flexibility index (Phi) is 7.15. The summed E-state index contributed by atoms with van der Waals surface area (Å²) >= 11 is 2.70. The minimum absolute atomic E-state index is 0.0288. The van der Waals surface area contributed by atoms with Crippen LogP contribution in [0.15, 0.2) is 57.5 Å². The Labute approximate surface area is 220 Å². The molecule has 1 amide bonds. The number of phenolic OH excluding ortho intramolecular Hbond substituents is 2. The number of thiophene rings is 1. The van der Waals surface area contributed by atoms with Crippen molar-refractivity contribution in [1.82, 2.24) is 15.0 Å². The molecule has 0 atom stereocenters. The summed E-state index contributed by atoms with van der Waals surface area (Å²) in [5.41, 5.74) is 4.35. The second kappa shape index (κ2) is 10.7. The van der Waals surface area contributed by atoms with Crippen molar-refractivity contribution in [2.24, 2.45) is 5.10 Å². The third-order valence-corrected chi connectivity index (χ3v) is 7.98. The summed E-state index contributed by atoms with van der Waals surface area (Å²) in [7, 11) is 0. The summed E-state index contributed by atoms with van der Waals surface area (Å²) in [6.07, 6.45) is 4.15. The van der Waals surface area contributed by atoms with Crippen molar-refractivity contribution in [2.75, 3.05) is 12.4 Å². The van der Waals surface area contributed by atoms with Gasteiger partial charge in [-0.05, 0) is 68.1 Å². The Hall–Kier alpha value is -3.83. The van der Waals surface area contributed by atoms with Gasteiger partial charge in [-0.3, -0.25) is 14.2 Å². The third-order valence-electron chi connectivity index (χ3n) is 5.85. The number of ether oxygens (including phenoxy) is 1. The van der Waals surface area contributed by atoms with Gasteiger partial charge in [0.1, 0.15) is 22.1 Å². The van der Waals surface area contributed by atoms with E-state index >= 15 is 0 Å². The molecular formula is C26H24N4O5S2. The van der Waals surface area contributed by atoms with E-state index in [1.54, 1.807) is 15.9 Å². The highest BCUT2D eigenvalue weighted by Gasteiger charge is 2.24. The van der Waals surface area contributed by atoms with Crippen LogP contribution in [0.4, 0.5) is 0 Å². The minimum atomic E-state index is -0.402. The highest BCUT2D eigenvalue weighted by Crippen LogP contribution is 2.36. The van der Waals surface area contributed by atoms with Gasteiger partial charge in [-0.15, -0.1) is 11.3 Å². The summed E-state index contributed by atoms with van der Waals surface area (Å²) in [6.45, 7) is 2.45. The normalized spacial score (nSPS) is 12.8. The predicted molar refractivity (Wildman–Crippen MR) is 145 cm³/mol. The molecule has 2 heterocycles. The molecule has 3 N–H and O–H groups in total. The topological polar surface area (TPSA) is 126 Å². The van der Waals surface area contributed by atoms with Gasteiger partial charge >= 0.3 is 0 Å². The number of aryl methyl sites for hydroxylation is 2. The molecule has 2 aromatic carbocycles. The second-order valence-corrected chi connectivity index (χ2v) is 10.4. The van der Waals surface area contributed by atoms with Crippen LogP contribution in [-0.2, 0) is 17.6 Å². The maximum absolute atomic E-state index is 13.7. The number of carbonyl (C=O) groups excluding carboxylic acids is 1. The molecule has 0 bridgehead atoms. The molecule has 0 saturated carbocycles. The maximum Gasteiger partial charge on any atom is 0.267 e. The third kappa shape index (κ3) is 5.18. The summed E-state index contributed by atoms with van der Waals surface area (Å²) in [4.78, 5) is 32.9. The average molecular weight is 537 g/mol. The number of phenols is 2. The van der Waals surface area contributed by atoms with E-state index in [0.29, 0.717) is 39.0 Å². The van der Waals surface area contributed by atoms with Crippen molar-refractivity contribution in [3.8, 4) is 22.9 Å². The number of hydrogen-bond donors (Lipinski definition) is 3. The molecule has 1 aliphatic carbocycles. The molecule has 1 aliphatic rings. The van der Waals surface area contributed by atoms with Gasteiger partial charge < -0.3 is 14.9 Å². The number of nitrogens with one attached hydrogen (secondary N) is 1. The first kappa shape index (κ1) is 24.8. The van der Waals surface area contributed by atoms with E-state index < -0.39 is 5.91 Å². The van der Waals surface area contributed by atoms with Crippen molar-refractivity contribution < 1.29 is 19.7 Å². The molecule has 0 fully saturated rings. The number of hydrogen-bond acceptors (Lipinski definition) is 9. The number of aromatic nitrogens is 2. The summed E-state index contributed by atoms with van der Waals surface area (Å²) in [6, 6.07) is 11.3. The van der Waals surface area contributed by atoms with E-state index in [2.05, 4.69) is 10.5 Å². The van der Waals surface area contributed by atoms with Crippen LogP contribution >= 0.6 is 23.1 Å². The summed E-state index contributed by atoms with van der Waals surface area (Å²) in [5.74, 6) is 0.0386. The van der Waals surface area contributed by atoms with Crippen molar-refractivity contribution in [1.29, 1.82) is 0 Å². The Balaban J connectivity index is 1.41. The van der Waals surface area contributed by atoms with Crippen LogP contribution < -0.4 is 15.7 Å². The molecule has 4 aromatic rings. The smallest absolute Gasteiger partial charge is 0.267 e. The summed E-state index contributed by atoms with van der Waals surface area (Å²) in [5, 5.41) is 24.2. The lowest BCUT2D eigenvalue weighted by Gasteiger charge is -2.13. The fraction of sp³-hybridized carbons (Fsp3) is 0.231. The van der Waals surface area contributed by atoms with Gasteiger partial charge in [-0.2, -0.15) is 5.10 Å². The zero-order valence-corrected chi connectivity index (χ0v) is 21.6. The molecule has 2 aromatic heterocycles. The monoisotopic (exact) mass is 536 g/mol. The highest BCUT2D eigenvalue weighted by atomic mass is 32.2. The zero-order chi connectivity index (χ0) is 25.9. The van der Waals surface area contributed by atoms with Crippen molar-refractivity contribution in [2.45, 2.75) is 31.3 Å². The lowest BCUT2D eigenvalue weighted by molar-refractivity contribution is -0.118. The van der Waals surface area contributed by atoms with E-state index in [4.69, 9.17) is 9.72 Å². The predicted octanol–water partition coefficient (Wildman–Crippen LogP) is 3.99. The first-order valence-corrected chi connectivity index (χ1v) is 13.5. The first-order valence-electron chi connectivity index (χ1n) is 11.7. The number of hydrazone groups is 1. The van der Waals surface area contributed by atoms with Crippen molar-refractivity contribution in [3.05, 3.63) is 68.8 Å². The molecular weight excluding hydrogens is 512 g/mol. The van der Waals surface area contributed by atoms with E-state index in [1.165, 1.54) is 29.3 Å². The van der Waals surface area contributed by atoms with Crippen LogP contribution in [0, 0.1) is 0 Å². The lowest BCUT2D eigenvalue weighted by Crippen LogP contribution is -2.24. The Bertz CT molecular complexity index is 1560. The van der Waals surface area contributed by atoms with Crippen LogP contribution in [0.25, 0.3) is 15.9 Å². The zero-order valence-electron chi connectivity index (χ0n) is 19.9. The van der Waals surface area contributed by atoms with Crippen molar-refractivity contribution >= 4 is 45.4 Å². The SMILES string of the molecule is CCOc1ccc(-n2c(SCC(=O)N/N=C/c3ccc(O)cc3O)nc3sc4c(c3c2=O)CCC4)cc1. The second-order valence-electron chi connectivity index (χ2n) is 8.32. The first-order chi connectivity index (χ1) is 17.9. The Morgan fingerprint density at radius 1 is 1.24 bits per heavy atom. The molecule has 0 spiro atoms. The molecule has 0 unspecified atom stereocenters. The number of fused-ring (bicyclic) bond motifs is 3. The number of thioether (sulfide) groups is 1. The molecule has 0 radical (unpaired) electrons. The van der Waals surface area contributed by atoms with Crippen LogP contribution in [0.5, 0.6) is 17.2 Å². The highest BCUT2D eigenvalue weighted by molar-refractivity contribution is 7.99. The number of carbonyl (C=O) groups is 1. The largest absolute Gasteiger partial charge is 0.508 e. The summed E-state index contributed by atoms with van der Waals surface area (Å²) < 4.78 is 7.09. The number of amides is 1. The van der Waals surface area contributed by atoms with Gasteiger partial charge in [0.15, 0.2) is 5.16 Å². The maximum atomic E-state index is 13.7. The van der Waals surface area contributed by atoms with E-state index in [1.807, 2.05) is 31.2 Å². The van der Waals surface area contributed by atoms with Crippen molar-refractivity contribution in [3.63, 3.8) is 0 Å². The fourth-order valence-corrected chi connectivity index (χ4v) is 6.29. The molecule has 0 aliphatic heterocycles. The van der Waals surface area contributed by atoms with Crippen LogP contribution in [0.3, 0.4) is 0 Å². The van der Waals surface area contributed by atoms with Gasteiger partial charge in [0.05, 0.1) is 29.6 Å². The Morgan fingerprint density at radius 2 is 2.05 bits per heavy atom. The van der Waals surface area contributed by atoms with Crippen LogP contribution in [0.1, 0.15) is 29.3 Å². The molecule has 5 rings (SSSR count). The van der Waals surface area contributed by atoms with Gasteiger partial charge in [0, 0.05) is 16.5 Å².